The molecule has 102 valence electrons. The minimum Gasteiger partial charge on any atom is -0.361 e. The predicted octanol–water partition coefficient (Wildman–Crippen LogP) is 2.84. The van der Waals surface area contributed by atoms with Gasteiger partial charge in [-0.3, -0.25) is 0 Å². The van der Waals surface area contributed by atoms with E-state index in [9.17, 15) is 0 Å². The summed E-state index contributed by atoms with van der Waals surface area (Å²) in [5.41, 5.74) is 3.63. The Kier molecular flexibility index (Phi) is 4.80. The van der Waals surface area contributed by atoms with Crippen molar-refractivity contribution in [3.8, 4) is 12.3 Å². The molecule has 2 rings (SSSR count). The van der Waals surface area contributed by atoms with Crippen LogP contribution in [0.3, 0.4) is 0 Å². The van der Waals surface area contributed by atoms with E-state index >= 15 is 0 Å². The van der Waals surface area contributed by atoms with Crippen molar-refractivity contribution in [3.05, 3.63) is 29.8 Å². The lowest BCUT2D eigenvalue weighted by Gasteiger charge is -2.19. The molecule has 0 amide bonds. The first-order valence-electron chi connectivity index (χ1n) is 6.24. The van der Waals surface area contributed by atoms with Crippen molar-refractivity contribution < 1.29 is 4.68 Å². The van der Waals surface area contributed by atoms with Crippen LogP contribution in [0.25, 0.3) is 0 Å². The number of benzene rings is 1. The standard InChI is InChI=1S/C14H16N5S/c1-4-10-19(5-2)13-8-6-12(7-9-13)16-17-14-18(3)15-11-20-14/h1,6-9,11H,5,10H2,2-3H3/q+1. The van der Waals surface area contributed by atoms with E-state index in [-0.39, 0.29) is 0 Å². The van der Waals surface area contributed by atoms with Crippen LogP contribution in [-0.2, 0) is 7.05 Å². The maximum Gasteiger partial charge on any atom is 0.429 e. The Labute approximate surface area is 122 Å². The quantitative estimate of drug-likeness (QED) is 0.482. The molecule has 0 atom stereocenters. The van der Waals surface area contributed by atoms with Crippen LogP contribution in [0.5, 0.6) is 0 Å². The third kappa shape index (κ3) is 3.39. The fraction of sp³-hybridized carbons (Fsp3) is 0.286. The smallest absolute Gasteiger partial charge is 0.361 e. The van der Waals surface area contributed by atoms with E-state index < -0.39 is 0 Å². The number of aryl methyl sites for hydroxylation is 1. The molecule has 0 spiro atoms. The van der Waals surface area contributed by atoms with Gasteiger partial charge in [-0.2, -0.15) is 0 Å². The van der Waals surface area contributed by atoms with E-state index in [1.54, 1.807) is 10.2 Å². The molecular formula is C14H16N5S+. The van der Waals surface area contributed by atoms with Crippen LogP contribution in [0.1, 0.15) is 6.92 Å². The van der Waals surface area contributed by atoms with Crippen LogP contribution in [0, 0.1) is 12.3 Å². The monoisotopic (exact) mass is 286 g/mol. The molecule has 0 aliphatic carbocycles. The van der Waals surface area contributed by atoms with Crippen molar-refractivity contribution in [2.24, 2.45) is 17.3 Å². The first-order valence-corrected chi connectivity index (χ1v) is 7.12. The topological polar surface area (TPSA) is 44.7 Å². The summed E-state index contributed by atoms with van der Waals surface area (Å²) >= 11 is 1.45. The van der Waals surface area contributed by atoms with Crippen LogP contribution in [-0.4, -0.2) is 18.2 Å². The normalized spacial score (nSPS) is 10.7. The van der Waals surface area contributed by atoms with E-state index in [2.05, 4.69) is 33.1 Å². The number of nitrogens with zero attached hydrogens (tertiary/aromatic N) is 5. The number of terminal acetylenes is 1. The van der Waals surface area contributed by atoms with Crippen molar-refractivity contribution in [2.45, 2.75) is 6.92 Å². The number of anilines is 1. The lowest BCUT2D eigenvalue weighted by molar-refractivity contribution is -0.713. The summed E-state index contributed by atoms with van der Waals surface area (Å²) in [5, 5.41) is 13.2. The Balaban J connectivity index is 2.11. The van der Waals surface area contributed by atoms with Gasteiger partial charge in [-0.05, 0) is 47.6 Å². The van der Waals surface area contributed by atoms with Gasteiger partial charge in [0.1, 0.15) is 18.2 Å². The summed E-state index contributed by atoms with van der Waals surface area (Å²) in [7, 11) is 1.84. The van der Waals surface area contributed by atoms with Crippen molar-refractivity contribution in [1.82, 2.24) is 5.10 Å². The van der Waals surface area contributed by atoms with Gasteiger partial charge in [0, 0.05) is 12.2 Å². The molecule has 0 aliphatic heterocycles. The van der Waals surface area contributed by atoms with E-state index in [0.29, 0.717) is 6.54 Å². The van der Waals surface area contributed by atoms with Crippen LogP contribution < -0.4 is 9.58 Å². The third-order valence-corrected chi connectivity index (χ3v) is 3.54. The highest BCUT2D eigenvalue weighted by atomic mass is 32.1. The second-order valence-electron chi connectivity index (χ2n) is 4.08. The zero-order chi connectivity index (χ0) is 14.4. The molecule has 0 aliphatic rings. The fourth-order valence-electron chi connectivity index (χ4n) is 1.68. The molecule has 0 radical (unpaired) electrons. The second kappa shape index (κ2) is 6.78. The molecule has 1 aromatic heterocycles. The second-order valence-corrected chi connectivity index (χ2v) is 4.89. The molecule has 0 saturated heterocycles. The van der Waals surface area contributed by atoms with Gasteiger partial charge in [-0.15, -0.1) is 11.1 Å². The van der Waals surface area contributed by atoms with Crippen LogP contribution in [0.4, 0.5) is 16.5 Å². The highest BCUT2D eigenvalue weighted by Crippen LogP contribution is 2.22. The number of hydrogen-bond acceptors (Lipinski definition) is 5. The Hall–Kier alpha value is -2.26. The Morgan fingerprint density at radius 1 is 1.35 bits per heavy atom. The largest absolute Gasteiger partial charge is 0.429 e. The van der Waals surface area contributed by atoms with Gasteiger partial charge >= 0.3 is 5.13 Å². The summed E-state index contributed by atoms with van der Waals surface area (Å²) in [4.78, 5) is 2.12. The van der Waals surface area contributed by atoms with Gasteiger partial charge < -0.3 is 4.90 Å². The van der Waals surface area contributed by atoms with Gasteiger partial charge in [-0.25, -0.2) is 0 Å². The van der Waals surface area contributed by atoms with Crippen molar-refractivity contribution in [3.63, 3.8) is 0 Å². The van der Waals surface area contributed by atoms with Gasteiger partial charge in [0.05, 0.1) is 11.7 Å². The highest BCUT2D eigenvalue weighted by molar-refractivity contribution is 7.12. The average molecular weight is 286 g/mol. The van der Waals surface area contributed by atoms with Crippen LogP contribution in [0.2, 0.25) is 0 Å². The number of rotatable bonds is 5. The third-order valence-electron chi connectivity index (χ3n) is 2.79. The minimum atomic E-state index is 0.605. The molecule has 5 nitrogen and oxygen atoms in total. The molecule has 1 aromatic carbocycles. The summed E-state index contributed by atoms with van der Waals surface area (Å²) in [5.74, 6) is 2.66. The SMILES string of the molecule is C#CCN(CC)c1ccc(/N=N/c2scn[n+]2C)cc1. The molecule has 1 heterocycles. The highest BCUT2D eigenvalue weighted by Gasteiger charge is 2.09. The van der Waals surface area contributed by atoms with Gasteiger partial charge in [0.2, 0.25) is 0 Å². The molecule has 0 N–H and O–H groups in total. The Bertz CT molecular complexity index is 624. The maximum absolute atomic E-state index is 5.36. The molecule has 2 aromatic rings. The molecule has 0 unspecified atom stereocenters. The molecule has 6 heteroatoms. The van der Waals surface area contributed by atoms with Crippen molar-refractivity contribution in [2.75, 3.05) is 18.0 Å². The average Bonchev–Trinajstić information content (AvgIpc) is 2.89. The van der Waals surface area contributed by atoms with Gasteiger partial charge in [0.25, 0.3) is 0 Å². The lowest BCUT2D eigenvalue weighted by atomic mass is 10.2. The summed E-state index contributed by atoms with van der Waals surface area (Å²) in [6.45, 7) is 3.56. The molecule has 0 saturated carbocycles. The number of hydrogen-bond donors (Lipinski definition) is 0. The summed E-state index contributed by atoms with van der Waals surface area (Å²) in [6, 6.07) is 7.86. The number of aromatic nitrogens is 2. The zero-order valence-corrected chi connectivity index (χ0v) is 12.3. The maximum atomic E-state index is 5.36. The van der Waals surface area contributed by atoms with E-state index in [0.717, 1.165) is 23.1 Å². The Morgan fingerprint density at radius 2 is 2.10 bits per heavy atom. The number of azo groups is 1. The molecule has 20 heavy (non-hydrogen) atoms. The fourth-order valence-corrected chi connectivity index (χ4v) is 2.25. The first kappa shape index (κ1) is 14.2. The lowest BCUT2D eigenvalue weighted by Crippen LogP contribution is -2.28. The van der Waals surface area contributed by atoms with Crippen LogP contribution in [0.15, 0.2) is 40.0 Å². The van der Waals surface area contributed by atoms with Gasteiger partial charge in [-0.1, -0.05) is 11.0 Å². The molecule has 0 bridgehead atoms. The predicted molar refractivity (Wildman–Crippen MR) is 80.6 cm³/mol. The van der Waals surface area contributed by atoms with E-state index in [1.165, 1.54) is 11.3 Å². The molecule has 0 fully saturated rings. The summed E-state index contributed by atoms with van der Waals surface area (Å²) < 4.78 is 1.69. The van der Waals surface area contributed by atoms with E-state index in [1.807, 2.05) is 31.3 Å². The summed E-state index contributed by atoms with van der Waals surface area (Å²) in [6.07, 6.45) is 5.36. The molecular weight excluding hydrogens is 270 g/mol. The van der Waals surface area contributed by atoms with Crippen molar-refractivity contribution >= 4 is 27.8 Å². The van der Waals surface area contributed by atoms with Crippen molar-refractivity contribution in [1.29, 1.82) is 0 Å². The van der Waals surface area contributed by atoms with Gasteiger partial charge in [0.15, 0.2) is 0 Å². The van der Waals surface area contributed by atoms with Crippen LogP contribution >= 0.6 is 11.3 Å². The first-order chi connectivity index (χ1) is 9.74. The van der Waals surface area contributed by atoms with E-state index in [4.69, 9.17) is 6.42 Å². The Morgan fingerprint density at radius 3 is 2.65 bits per heavy atom. The zero-order valence-electron chi connectivity index (χ0n) is 11.5. The minimum absolute atomic E-state index is 0.605.